The number of carbonyl (C=O) groups excluding carboxylic acids is 1. The number of hydrogen-bond donors (Lipinski definition) is 1. The summed E-state index contributed by atoms with van der Waals surface area (Å²) in [6.45, 7) is 0. The van der Waals surface area contributed by atoms with Crippen molar-refractivity contribution in [3.63, 3.8) is 0 Å². The van der Waals surface area contributed by atoms with Gasteiger partial charge < -0.3 is 9.90 Å². The van der Waals surface area contributed by atoms with Gasteiger partial charge in [-0.15, -0.1) is 0 Å². The highest BCUT2D eigenvalue weighted by Gasteiger charge is 2.25. The summed E-state index contributed by atoms with van der Waals surface area (Å²) in [5.74, 6) is -1.39. The molecule has 0 radical (unpaired) electrons. The first-order valence-electron chi connectivity index (χ1n) is 6.62. The fourth-order valence-electron chi connectivity index (χ4n) is 2.07. The smallest absolute Gasteiger partial charge is 0.242 e. The number of hydrogen-bond acceptors (Lipinski definition) is 4. The Kier molecular flexibility index (Phi) is 6.44. The standard InChI is InChI=1S/C15H12Br2ClNO4S/c16-9-5-6-11(17)14(7-9)24(22,23)19-13(8-15(20)21)10-3-1-2-4-12(10)18/h1-7,13,19H,8H2,(H,20,21)/p-1/t13-/m0/s1. The monoisotopic (exact) mass is 494 g/mol. The van der Waals surface area contributed by atoms with Crippen LogP contribution < -0.4 is 9.83 Å². The largest absolute Gasteiger partial charge is 0.550 e. The summed E-state index contributed by atoms with van der Waals surface area (Å²) in [7, 11) is -4.00. The highest BCUT2D eigenvalue weighted by Crippen LogP contribution is 2.30. The Morgan fingerprint density at radius 1 is 1.21 bits per heavy atom. The number of halogens is 3. The first-order chi connectivity index (χ1) is 11.2. The zero-order valence-corrected chi connectivity index (χ0v) is 16.7. The van der Waals surface area contributed by atoms with Crippen LogP contribution in [-0.2, 0) is 14.8 Å². The normalized spacial score (nSPS) is 12.8. The Hall–Kier alpha value is -0.930. The van der Waals surface area contributed by atoms with E-state index in [1.165, 1.54) is 6.07 Å². The van der Waals surface area contributed by atoms with E-state index in [4.69, 9.17) is 11.6 Å². The van der Waals surface area contributed by atoms with Crippen molar-refractivity contribution in [1.29, 1.82) is 0 Å². The van der Waals surface area contributed by atoms with Crippen LogP contribution in [0.1, 0.15) is 18.0 Å². The molecule has 0 unspecified atom stereocenters. The highest BCUT2D eigenvalue weighted by atomic mass is 79.9. The summed E-state index contributed by atoms with van der Waals surface area (Å²) in [4.78, 5) is 11.0. The molecule has 0 aliphatic heterocycles. The third-order valence-corrected chi connectivity index (χ3v) is 6.43. The van der Waals surface area contributed by atoms with Crippen molar-refractivity contribution in [2.45, 2.75) is 17.4 Å². The molecule has 9 heteroatoms. The van der Waals surface area contributed by atoms with Gasteiger partial charge in [0.15, 0.2) is 0 Å². The van der Waals surface area contributed by atoms with Crippen LogP contribution in [0.2, 0.25) is 5.02 Å². The number of aliphatic carboxylic acids is 1. The van der Waals surface area contributed by atoms with E-state index in [-0.39, 0.29) is 9.92 Å². The molecule has 0 aromatic heterocycles. The quantitative estimate of drug-likeness (QED) is 0.666. The first-order valence-corrected chi connectivity index (χ1v) is 10.1. The second-order valence-electron chi connectivity index (χ2n) is 4.85. The second-order valence-corrected chi connectivity index (χ2v) is 8.71. The molecule has 2 aromatic carbocycles. The average molecular weight is 497 g/mol. The lowest BCUT2D eigenvalue weighted by Gasteiger charge is -2.21. The molecule has 128 valence electrons. The van der Waals surface area contributed by atoms with Gasteiger partial charge in [-0.05, 0) is 45.8 Å². The summed E-state index contributed by atoms with van der Waals surface area (Å²) in [5, 5.41) is 11.3. The molecule has 1 N–H and O–H groups in total. The van der Waals surface area contributed by atoms with Crippen molar-refractivity contribution in [3.8, 4) is 0 Å². The van der Waals surface area contributed by atoms with Gasteiger partial charge in [-0.2, -0.15) is 0 Å². The van der Waals surface area contributed by atoms with Gasteiger partial charge in [0.2, 0.25) is 10.0 Å². The fraction of sp³-hybridized carbons (Fsp3) is 0.133. The highest BCUT2D eigenvalue weighted by molar-refractivity contribution is 9.11. The molecule has 0 spiro atoms. The predicted molar refractivity (Wildman–Crippen MR) is 96.0 cm³/mol. The maximum Gasteiger partial charge on any atom is 0.242 e. The molecule has 1 atom stereocenters. The Morgan fingerprint density at radius 2 is 1.88 bits per heavy atom. The minimum absolute atomic E-state index is 0.0210. The van der Waals surface area contributed by atoms with E-state index >= 15 is 0 Å². The molecule has 0 saturated carbocycles. The van der Waals surface area contributed by atoms with Gasteiger partial charge in [-0.25, -0.2) is 13.1 Å². The van der Waals surface area contributed by atoms with Crippen molar-refractivity contribution in [2.75, 3.05) is 0 Å². The zero-order chi connectivity index (χ0) is 17.9. The van der Waals surface area contributed by atoms with Crippen LogP contribution in [0.3, 0.4) is 0 Å². The van der Waals surface area contributed by atoms with Crippen LogP contribution in [0.5, 0.6) is 0 Å². The zero-order valence-electron chi connectivity index (χ0n) is 12.0. The van der Waals surface area contributed by atoms with E-state index in [0.29, 0.717) is 14.5 Å². The number of carbonyl (C=O) groups is 1. The molecule has 2 rings (SSSR count). The van der Waals surface area contributed by atoms with Crippen molar-refractivity contribution in [3.05, 3.63) is 62.0 Å². The van der Waals surface area contributed by atoms with Gasteiger partial charge in [0.25, 0.3) is 0 Å². The number of rotatable bonds is 6. The van der Waals surface area contributed by atoms with E-state index < -0.39 is 28.5 Å². The third kappa shape index (κ3) is 4.80. The SMILES string of the molecule is O=C([O-])C[C@H](NS(=O)(=O)c1cc(Br)ccc1Br)c1ccccc1Cl. The minimum Gasteiger partial charge on any atom is -0.550 e. The molecule has 0 saturated heterocycles. The topological polar surface area (TPSA) is 86.3 Å². The lowest BCUT2D eigenvalue weighted by Crippen LogP contribution is -2.34. The number of carboxylic acids is 1. The second kappa shape index (κ2) is 7.97. The molecule has 24 heavy (non-hydrogen) atoms. The van der Waals surface area contributed by atoms with Gasteiger partial charge in [0.1, 0.15) is 0 Å². The van der Waals surface area contributed by atoms with Crippen LogP contribution in [-0.4, -0.2) is 14.4 Å². The maximum absolute atomic E-state index is 12.7. The Labute approximate surface area is 161 Å². The lowest BCUT2D eigenvalue weighted by atomic mass is 10.1. The van der Waals surface area contributed by atoms with Crippen molar-refractivity contribution < 1.29 is 18.3 Å². The third-order valence-electron chi connectivity index (χ3n) is 3.13. The molecular formula is C15H11Br2ClNO4S-. The van der Waals surface area contributed by atoms with Gasteiger partial charge in [-0.3, -0.25) is 0 Å². The van der Waals surface area contributed by atoms with Crippen molar-refractivity contribution >= 4 is 59.5 Å². The fourth-order valence-corrected chi connectivity index (χ4v) is 5.06. The molecule has 5 nitrogen and oxygen atoms in total. The van der Waals surface area contributed by atoms with Crippen molar-refractivity contribution in [2.24, 2.45) is 0 Å². The molecule has 0 heterocycles. The van der Waals surface area contributed by atoms with E-state index in [1.54, 1.807) is 36.4 Å². The molecule has 0 aliphatic rings. The van der Waals surface area contributed by atoms with Crippen LogP contribution in [0.25, 0.3) is 0 Å². The van der Waals surface area contributed by atoms with Crippen LogP contribution in [0.15, 0.2) is 56.3 Å². The molecule has 0 aliphatic carbocycles. The number of benzene rings is 2. The van der Waals surface area contributed by atoms with E-state index in [0.717, 1.165) is 0 Å². The minimum atomic E-state index is -4.00. The summed E-state index contributed by atoms with van der Waals surface area (Å²) >= 11 is 12.5. The molecule has 0 bridgehead atoms. The van der Waals surface area contributed by atoms with Crippen LogP contribution in [0.4, 0.5) is 0 Å². The average Bonchev–Trinajstić information content (AvgIpc) is 2.48. The Bertz CT molecular complexity index is 874. The van der Waals surface area contributed by atoms with Gasteiger partial charge in [0.05, 0.1) is 10.9 Å². The first kappa shape index (κ1) is 19.4. The van der Waals surface area contributed by atoms with Crippen molar-refractivity contribution in [1.82, 2.24) is 4.72 Å². The van der Waals surface area contributed by atoms with Gasteiger partial charge in [0, 0.05) is 26.4 Å². The van der Waals surface area contributed by atoms with Crippen LogP contribution in [0, 0.1) is 0 Å². The molecular weight excluding hydrogens is 485 g/mol. The Balaban J connectivity index is 2.44. The lowest BCUT2D eigenvalue weighted by molar-refractivity contribution is -0.306. The predicted octanol–water partition coefficient (Wildman–Crippen LogP) is 3.02. The summed E-state index contributed by atoms with van der Waals surface area (Å²) in [6, 6.07) is 10.0. The maximum atomic E-state index is 12.7. The molecule has 0 fully saturated rings. The van der Waals surface area contributed by atoms with E-state index in [2.05, 4.69) is 36.6 Å². The number of sulfonamides is 1. The van der Waals surface area contributed by atoms with E-state index in [9.17, 15) is 18.3 Å². The van der Waals surface area contributed by atoms with Crippen LogP contribution >= 0.6 is 43.5 Å². The molecule has 0 amide bonds. The summed E-state index contributed by atoms with van der Waals surface area (Å²) < 4.78 is 28.6. The van der Waals surface area contributed by atoms with E-state index in [1.807, 2.05) is 0 Å². The summed E-state index contributed by atoms with van der Waals surface area (Å²) in [6.07, 6.45) is -0.547. The summed E-state index contributed by atoms with van der Waals surface area (Å²) in [5.41, 5.74) is 0.359. The molecule has 2 aromatic rings. The number of carboxylic acid groups (broad SMARTS) is 1. The number of nitrogens with one attached hydrogen (secondary N) is 1. The Morgan fingerprint density at radius 3 is 2.50 bits per heavy atom. The van der Waals surface area contributed by atoms with Gasteiger partial charge in [-0.1, -0.05) is 45.7 Å². The van der Waals surface area contributed by atoms with Gasteiger partial charge >= 0.3 is 0 Å².